The van der Waals surface area contributed by atoms with Crippen LogP contribution in [0, 0.1) is 11.6 Å². The van der Waals surface area contributed by atoms with Crippen LogP contribution < -0.4 is 5.32 Å². The molecule has 0 bridgehead atoms. The lowest BCUT2D eigenvalue weighted by Gasteiger charge is -2.43. The Morgan fingerprint density at radius 1 is 1.26 bits per heavy atom. The molecule has 0 heterocycles. The lowest BCUT2D eigenvalue weighted by atomic mass is 9.74. The number of methoxy groups -OCH3 is 1. The smallest absolute Gasteiger partial charge is 0.126 e. The molecule has 0 radical (unpaired) electrons. The summed E-state index contributed by atoms with van der Waals surface area (Å²) in [6.45, 7) is 2.74. The molecule has 1 aliphatic rings. The lowest BCUT2D eigenvalue weighted by Crippen LogP contribution is -2.42. The van der Waals surface area contributed by atoms with Gasteiger partial charge >= 0.3 is 0 Å². The fraction of sp³-hybridized carbons (Fsp3) is 0.600. The molecule has 0 spiro atoms. The van der Waals surface area contributed by atoms with E-state index >= 15 is 0 Å². The average Bonchev–Trinajstić information content (AvgIpc) is 2.31. The average molecular weight is 269 g/mol. The van der Waals surface area contributed by atoms with Gasteiger partial charge in [0.25, 0.3) is 0 Å². The summed E-state index contributed by atoms with van der Waals surface area (Å²) >= 11 is 0. The zero-order chi connectivity index (χ0) is 13.9. The summed E-state index contributed by atoms with van der Waals surface area (Å²) in [5.41, 5.74) is 0.526. The van der Waals surface area contributed by atoms with Crippen molar-refractivity contribution in [3.63, 3.8) is 0 Å². The number of ether oxygens (including phenoxy) is 1. The van der Waals surface area contributed by atoms with Gasteiger partial charge in [-0.2, -0.15) is 0 Å². The largest absolute Gasteiger partial charge is 0.378 e. The Balaban J connectivity index is 2.19. The highest BCUT2D eigenvalue weighted by atomic mass is 19.1. The standard InChI is InChI=1S/C15H21F2NO/c1-3-18-14(10-15(19-2)5-4-6-15)11-7-12(16)9-13(17)8-11/h7-9,14,18H,3-6,10H2,1-2H3. The first-order valence-electron chi connectivity index (χ1n) is 6.83. The zero-order valence-electron chi connectivity index (χ0n) is 11.5. The van der Waals surface area contributed by atoms with Crippen molar-refractivity contribution in [1.29, 1.82) is 0 Å². The normalized spacial score (nSPS) is 18.9. The van der Waals surface area contributed by atoms with Gasteiger partial charge in [-0.3, -0.25) is 0 Å². The van der Waals surface area contributed by atoms with E-state index in [-0.39, 0.29) is 11.6 Å². The molecule has 0 amide bonds. The first kappa shape index (κ1) is 14.4. The zero-order valence-corrected chi connectivity index (χ0v) is 11.5. The van der Waals surface area contributed by atoms with Crippen molar-refractivity contribution in [3.8, 4) is 0 Å². The van der Waals surface area contributed by atoms with E-state index in [9.17, 15) is 8.78 Å². The Kier molecular flexibility index (Phi) is 4.53. The van der Waals surface area contributed by atoms with E-state index < -0.39 is 11.6 Å². The molecule has 1 aliphatic carbocycles. The van der Waals surface area contributed by atoms with Crippen molar-refractivity contribution in [3.05, 3.63) is 35.4 Å². The summed E-state index contributed by atoms with van der Waals surface area (Å²) in [5.74, 6) is -1.06. The van der Waals surface area contributed by atoms with E-state index in [0.717, 1.165) is 38.3 Å². The van der Waals surface area contributed by atoms with Gasteiger partial charge in [-0.1, -0.05) is 6.92 Å². The van der Waals surface area contributed by atoms with Crippen molar-refractivity contribution in [2.45, 2.75) is 44.2 Å². The molecular formula is C15H21F2NO. The molecule has 0 saturated heterocycles. The van der Waals surface area contributed by atoms with E-state index in [2.05, 4.69) is 5.32 Å². The van der Waals surface area contributed by atoms with Crippen LogP contribution in [0.25, 0.3) is 0 Å². The van der Waals surface area contributed by atoms with Crippen LogP contribution in [0.3, 0.4) is 0 Å². The summed E-state index contributed by atoms with van der Waals surface area (Å²) in [5, 5.41) is 3.30. The molecule has 1 atom stereocenters. The Morgan fingerprint density at radius 2 is 1.89 bits per heavy atom. The van der Waals surface area contributed by atoms with Gasteiger partial charge in [0.1, 0.15) is 11.6 Å². The van der Waals surface area contributed by atoms with Crippen LogP contribution in [0.15, 0.2) is 18.2 Å². The third-order valence-corrected chi connectivity index (χ3v) is 4.01. The Hall–Kier alpha value is -1.00. The number of rotatable bonds is 6. The summed E-state index contributed by atoms with van der Waals surface area (Å²) in [4.78, 5) is 0. The number of hydrogen-bond donors (Lipinski definition) is 1. The van der Waals surface area contributed by atoms with Crippen molar-refractivity contribution < 1.29 is 13.5 Å². The van der Waals surface area contributed by atoms with Gasteiger partial charge < -0.3 is 10.1 Å². The van der Waals surface area contributed by atoms with Crippen LogP contribution in [-0.4, -0.2) is 19.3 Å². The molecule has 1 aromatic carbocycles. The van der Waals surface area contributed by atoms with Crippen LogP contribution in [0.4, 0.5) is 8.78 Å². The first-order chi connectivity index (χ1) is 9.08. The predicted molar refractivity (Wildman–Crippen MR) is 71.0 cm³/mol. The van der Waals surface area contributed by atoms with Crippen LogP contribution in [0.1, 0.15) is 44.2 Å². The second-order valence-corrected chi connectivity index (χ2v) is 5.26. The van der Waals surface area contributed by atoms with E-state index in [1.165, 1.54) is 12.1 Å². The van der Waals surface area contributed by atoms with Crippen LogP contribution in [-0.2, 0) is 4.74 Å². The fourth-order valence-electron chi connectivity index (χ4n) is 2.77. The fourth-order valence-corrected chi connectivity index (χ4v) is 2.77. The SMILES string of the molecule is CCNC(CC1(OC)CCC1)c1cc(F)cc(F)c1. The molecule has 4 heteroatoms. The maximum absolute atomic E-state index is 13.3. The van der Waals surface area contributed by atoms with Crippen LogP contribution in [0.5, 0.6) is 0 Å². The lowest BCUT2D eigenvalue weighted by molar-refractivity contribution is -0.0837. The highest BCUT2D eigenvalue weighted by molar-refractivity contribution is 5.22. The monoisotopic (exact) mass is 269 g/mol. The Morgan fingerprint density at radius 3 is 2.32 bits per heavy atom. The molecule has 19 heavy (non-hydrogen) atoms. The van der Waals surface area contributed by atoms with Gasteiger partial charge in [-0.15, -0.1) is 0 Å². The van der Waals surface area contributed by atoms with Crippen molar-refractivity contribution >= 4 is 0 Å². The molecule has 0 aliphatic heterocycles. The molecule has 1 unspecified atom stereocenters. The second-order valence-electron chi connectivity index (χ2n) is 5.26. The quantitative estimate of drug-likeness (QED) is 0.852. The Bertz CT molecular complexity index is 406. The highest BCUT2D eigenvalue weighted by Crippen LogP contribution is 2.41. The maximum Gasteiger partial charge on any atom is 0.126 e. The minimum Gasteiger partial charge on any atom is -0.378 e. The van der Waals surface area contributed by atoms with Gasteiger partial charge in [0.15, 0.2) is 0 Å². The number of hydrogen-bond acceptors (Lipinski definition) is 2. The summed E-state index contributed by atoms with van der Waals surface area (Å²) in [7, 11) is 1.72. The summed E-state index contributed by atoms with van der Waals surface area (Å²) < 4.78 is 32.3. The minimum absolute atomic E-state index is 0.0737. The van der Waals surface area contributed by atoms with Crippen molar-refractivity contribution in [2.24, 2.45) is 0 Å². The topological polar surface area (TPSA) is 21.3 Å². The molecule has 1 saturated carbocycles. The third-order valence-electron chi connectivity index (χ3n) is 4.01. The van der Waals surface area contributed by atoms with Gasteiger partial charge in [0.05, 0.1) is 5.60 Å². The molecule has 2 rings (SSSR count). The van der Waals surface area contributed by atoms with Crippen LogP contribution >= 0.6 is 0 Å². The third kappa shape index (κ3) is 3.31. The number of halogens is 2. The molecule has 1 fully saturated rings. The van der Waals surface area contributed by atoms with Crippen molar-refractivity contribution in [2.75, 3.05) is 13.7 Å². The van der Waals surface area contributed by atoms with Gasteiger partial charge in [-0.05, 0) is 49.9 Å². The van der Waals surface area contributed by atoms with E-state index in [1.54, 1.807) is 7.11 Å². The molecular weight excluding hydrogens is 248 g/mol. The molecule has 106 valence electrons. The molecule has 1 N–H and O–H groups in total. The minimum atomic E-state index is -0.530. The Labute approximate surface area is 113 Å². The van der Waals surface area contributed by atoms with E-state index in [4.69, 9.17) is 4.74 Å². The van der Waals surface area contributed by atoms with Gasteiger partial charge in [0, 0.05) is 19.2 Å². The van der Waals surface area contributed by atoms with E-state index in [0.29, 0.717) is 5.56 Å². The highest BCUT2D eigenvalue weighted by Gasteiger charge is 2.39. The number of nitrogens with one attached hydrogen (secondary N) is 1. The molecule has 2 nitrogen and oxygen atoms in total. The summed E-state index contributed by atoms with van der Waals surface area (Å²) in [6, 6.07) is 3.63. The summed E-state index contributed by atoms with van der Waals surface area (Å²) in [6.07, 6.45) is 3.94. The van der Waals surface area contributed by atoms with Gasteiger partial charge in [0.2, 0.25) is 0 Å². The maximum atomic E-state index is 13.3. The molecule has 1 aromatic rings. The van der Waals surface area contributed by atoms with Gasteiger partial charge in [-0.25, -0.2) is 8.78 Å². The number of benzene rings is 1. The second kappa shape index (κ2) is 5.97. The van der Waals surface area contributed by atoms with E-state index in [1.807, 2.05) is 6.92 Å². The first-order valence-corrected chi connectivity index (χ1v) is 6.83. The predicted octanol–water partition coefficient (Wildman–Crippen LogP) is 3.57. The van der Waals surface area contributed by atoms with Crippen LogP contribution in [0.2, 0.25) is 0 Å². The molecule has 0 aromatic heterocycles. The van der Waals surface area contributed by atoms with Crippen molar-refractivity contribution in [1.82, 2.24) is 5.32 Å².